The maximum atomic E-state index is 11.8. The Morgan fingerprint density at radius 2 is 1.88 bits per heavy atom. The molecular weight excluding hydrogens is 304 g/mol. The molecule has 1 heterocycles. The van der Waals surface area contributed by atoms with Crippen molar-refractivity contribution in [2.45, 2.75) is 45.4 Å². The van der Waals surface area contributed by atoms with Crippen molar-refractivity contribution >= 4 is 17.6 Å². The second-order valence-electron chi connectivity index (χ2n) is 6.21. The highest BCUT2D eigenvalue weighted by Crippen LogP contribution is 2.39. The van der Waals surface area contributed by atoms with Crippen LogP contribution in [0, 0.1) is 0 Å². The van der Waals surface area contributed by atoms with E-state index in [0.29, 0.717) is 12.6 Å². The van der Waals surface area contributed by atoms with E-state index in [-0.39, 0.29) is 7.25 Å². The minimum atomic E-state index is -0.522. The van der Waals surface area contributed by atoms with Crippen LogP contribution in [0.3, 0.4) is 0 Å². The summed E-state index contributed by atoms with van der Waals surface area (Å²) < 4.78 is 4.96. The lowest BCUT2D eigenvalue weighted by Gasteiger charge is -2.16. The average molecular weight is 326 g/mol. The molecule has 2 aliphatic rings. The number of hydrogen-bond donors (Lipinski definition) is 1. The number of benzene rings is 1. The summed E-state index contributed by atoms with van der Waals surface area (Å²) in [5.41, 5.74) is 6.80. The fourth-order valence-electron chi connectivity index (χ4n) is 3.73. The molecule has 1 aromatic heterocycles. The molecule has 0 fully saturated rings. The zero-order valence-electron chi connectivity index (χ0n) is 13.8. The number of fused-ring (bicyclic) bond motifs is 2. The summed E-state index contributed by atoms with van der Waals surface area (Å²) in [6.45, 7) is 2.06. The molecule has 0 amide bonds. The van der Waals surface area contributed by atoms with Crippen molar-refractivity contribution in [3.63, 3.8) is 0 Å². The van der Waals surface area contributed by atoms with Crippen LogP contribution in [0.5, 0.6) is 0 Å². The predicted octanol–water partition coefficient (Wildman–Crippen LogP) is 3.02. The topological polar surface area (TPSA) is 77.0 Å². The summed E-state index contributed by atoms with van der Waals surface area (Å²) in [5, 5.41) is 3.37. The van der Waals surface area contributed by atoms with Crippen LogP contribution in [-0.4, -0.2) is 27.5 Å². The van der Waals surface area contributed by atoms with E-state index in [1.165, 1.54) is 41.4 Å². The van der Waals surface area contributed by atoms with Crippen molar-refractivity contribution in [1.29, 1.82) is 0 Å². The van der Waals surface area contributed by atoms with Gasteiger partial charge >= 0.3 is 5.97 Å². The van der Waals surface area contributed by atoms with Crippen LogP contribution < -0.4 is 5.32 Å². The predicted molar refractivity (Wildman–Crippen MR) is 91.7 cm³/mol. The third-order valence-corrected chi connectivity index (χ3v) is 4.74. The molecule has 126 valence electrons. The lowest BCUT2D eigenvalue weighted by molar-refractivity contribution is 0.0511. The summed E-state index contributed by atoms with van der Waals surface area (Å²) in [5.74, 6) is -0.0764. The highest BCUT2D eigenvalue weighted by Gasteiger charge is 2.24. The number of esters is 1. The van der Waals surface area contributed by atoms with E-state index in [2.05, 4.69) is 26.3 Å². The third-order valence-electron chi connectivity index (χ3n) is 4.74. The molecule has 0 bridgehead atoms. The second kappa shape index (κ2) is 6.19. The van der Waals surface area contributed by atoms with Gasteiger partial charge in [-0.05, 0) is 67.7 Å². The monoisotopic (exact) mass is 326 g/mol. The van der Waals surface area contributed by atoms with E-state index in [0.717, 1.165) is 31.4 Å². The van der Waals surface area contributed by atoms with Crippen LogP contribution in [0.2, 0.25) is 0 Å². The maximum Gasteiger partial charge on any atom is 0.376 e. The molecule has 0 aliphatic heterocycles. The SMILES string of the molecule is CCOC(=O)c1ncnc(Nc2c3c(cc4c2CCC4)CCC3)n1.[HH]. The van der Waals surface area contributed by atoms with E-state index in [1.807, 2.05) is 0 Å². The Balaban J connectivity index is 0.00000182. The molecule has 0 saturated heterocycles. The molecule has 0 radical (unpaired) electrons. The smallest absolute Gasteiger partial charge is 0.376 e. The molecule has 1 aromatic carbocycles. The minimum Gasteiger partial charge on any atom is -0.460 e. The van der Waals surface area contributed by atoms with E-state index >= 15 is 0 Å². The van der Waals surface area contributed by atoms with Gasteiger partial charge in [0.2, 0.25) is 11.8 Å². The van der Waals surface area contributed by atoms with Gasteiger partial charge in [-0.3, -0.25) is 0 Å². The Kier molecular flexibility index (Phi) is 3.88. The molecule has 0 atom stereocenters. The molecule has 0 spiro atoms. The lowest BCUT2D eigenvalue weighted by Crippen LogP contribution is -2.12. The van der Waals surface area contributed by atoms with Crippen LogP contribution >= 0.6 is 0 Å². The van der Waals surface area contributed by atoms with E-state index in [1.54, 1.807) is 6.92 Å². The van der Waals surface area contributed by atoms with Crippen molar-refractivity contribution in [3.8, 4) is 0 Å². The van der Waals surface area contributed by atoms with Gasteiger partial charge in [-0.25, -0.2) is 14.8 Å². The number of anilines is 2. The number of hydrogen-bond acceptors (Lipinski definition) is 6. The van der Waals surface area contributed by atoms with Gasteiger partial charge in [-0.1, -0.05) is 6.07 Å². The molecule has 6 nitrogen and oxygen atoms in total. The van der Waals surface area contributed by atoms with Crippen molar-refractivity contribution in [3.05, 3.63) is 40.5 Å². The first-order valence-electron chi connectivity index (χ1n) is 8.56. The zero-order chi connectivity index (χ0) is 16.5. The highest BCUT2D eigenvalue weighted by molar-refractivity contribution is 5.85. The Bertz CT molecular complexity index is 778. The Morgan fingerprint density at radius 1 is 1.17 bits per heavy atom. The third kappa shape index (κ3) is 2.62. The lowest BCUT2D eigenvalue weighted by atomic mass is 9.99. The number of aryl methyl sites for hydroxylation is 2. The molecule has 2 aromatic rings. The van der Waals surface area contributed by atoms with Crippen molar-refractivity contribution in [1.82, 2.24) is 15.0 Å². The first kappa shape index (κ1) is 15.1. The number of rotatable bonds is 4. The molecule has 0 unspecified atom stereocenters. The minimum absolute atomic E-state index is 0. The molecule has 0 saturated carbocycles. The van der Waals surface area contributed by atoms with Gasteiger partial charge < -0.3 is 10.1 Å². The highest BCUT2D eigenvalue weighted by atomic mass is 16.5. The van der Waals surface area contributed by atoms with Gasteiger partial charge in [0, 0.05) is 7.11 Å². The molecule has 4 rings (SSSR count). The number of aromatic nitrogens is 3. The fraction of sp³-hybridized carbons (Fsp3) is 0.444. The number of carbonyl (C=O) groups excluding carboxylic acids is 1. The van der Waals surface area contributed by atoms with Crippen LogP contribution in [-0.2, 0) is 30.4 Å². The zero-order valence-corrected chi connectivity index (χ0v) is 13.8. The summed E-state index contributed by atoms with van der Waals surface area (Å²) in [6, 6.07) is 2.38. The van der Waals surface area contributed by atoms with Crippen LogP contribution in [0.4, 0.5) is 11.6 Å². The first-order chi connectivity index (χ1) is 11.8. The summed E-state index contributed by atoms with van der Waals surface area (Å²) in [7, 11) is 0. The maximum absolute atomic E-state index is 11.8. The summed E-state index contributed by atoms with van der Waals surface area (Å²) >= 11 is 0. The van der Waals surface area contributed by atoms with Crippen LogP contribution in [0.1, 0.15) is 54.1 Å². The van der Waals surface area contributed by atoms with Gasteiger partial charge in [0.25, 0.3) is 0 Å². The molecule has 1 N–H and O–H groups in total. The molecular formula is C18H22N4O2. The van der Waals surface area contributed by atoms with Crippen molar-refractivity contribution in [2.75, 3.05) is 11.9 Å². The standard InChI is InChI=1S/C18H20N4O2.H2/c1-2-24-17(23)16-19-10-20-18(22-16)21-15-13-7-3-5-11(13)9-12-6-4-8-14(12)15;/h9-10H,2-8H2,1H3,(H,19,20,21,22);1H. The van der Waals surface area contributed by atoms with Gasteiger partial charge in [0.15, 0.2) is 0 Å². The first-order valence-corrected chi connectivity index (χ1v) is 8.56. The second-order valence-corrected chi connectivity index (χ2v) is 6.21. The van der Waals surface area contributed by atoms with E-state index < -0.39 is 5.97 Å². The quantitative estimate of drug-likeness (QED) is 0.870. The summed E-state index contributed by atoms with van der Waals surface area (Å²) in [4.78, 5) is 24.1. The Morgan fingerprint density at radius 3 is 2.54 bits per heavy atom. The van der Waals surface area contributed by atoms with E-state index in [4.69, 9.17) is 4.74 Å². The number of nitrogens with zero attached hydrogens (tertiary/aromatic N) is 3. The average Bonchev–Trinajstić information content (AvgIpc) is 3.24. The normalized spacial score (nSPS) is 15.0. The summed E-state index contributed by atoms with van der Waals surface area (Å²) in [6.07, 6.45) is 8.19. The van der Waals surface area contributed by atoms with Gasteiger partial charge in [-0.2, -0.15) is 4.98 Å². The van der Waals surface area contributed by atoms with E-state index in [9.17, 15) is 4.79 Å². The number of carbonyl (C=O) groups is 1. The number of ether oxygens (including phenoxy) is 1. The Hall–Kier alpha value is -2.50. The van der Waals surface area contributed by atoms with Gasteiger partial charge in [-0.15, -0.1) is 0 Å². The van der Waals surface area contributed by atoms with Gasteiger partial charge in [0.05, 0.1) is 6.61 Å². The molecule has 2 aliphatic carbocycles. The van der Waals surface area contributed by atoms with Crippen molar-refractivity contribution < 1.29 is 11.0 Å². The number of nitrogens with one attached hydrogen (secondary N) is 1. The van der Waals surface area contributed by atoms with Crippen LogP contribution in [0.15, 0.2) is 12.4 Å². The fourth-order valence-corrected chi connectivity index (χ4v) is 3.73. The van der Waals surface area contributed by atoms with Gasteiger partial charge in [0.1, 0.15) is 6.33 Å². The van der Waals surface area contributed by atoms with Crippen molar-refractivity contribution in [2.24, 2.45) is 0 Å². The Labute approximate surface area is 142 Å². The largest absolute Gasteiger partial charge is 0.460 e. The molecule has 24 heavy (non-hydrogen) atoms. The van der Waals surface area contributed by atoms with Crippen LogP contribution in [0.25, 0.3) is 0 Å². The molecule has 6 heteroatoms.